The predicted octanol–water partition coefficient (Wildman–Crippen LogP) is 4.01. The number of hydrogen-bond donors (Lipinski definition) is 0. The molecule has 0 N–H and O–H groups in total. The van der Waals surface area contributed by atoms with Crippen LogP contribution in [0.1, 0.15) is 30.2 Å². The quantitative estimate of drug-likeness (QED) is 0.487. The van der Waals surface area contributed by atoms with Crippen LogP contribution in [0.3, 0.4) is 0 Å². The molecule has 3 aromatic rings. The number of nitrogens with zero attached hydrogens (tertiary/aromatic N) is 6. The number of hydrogen-bond acceptors (Lipinski definition) is 7. The molecule has 1 aliphatic carbocycles. The molecule has 5 rings (SSSR count). The molecule has 2 fully saturated rings. The van der Waals surface area contributed by atoms with Gasteiger partial charge in [0.2, 0.25) is 0 Å². The number of ether oxygens (including phenoxy) is 1. The number of fused-ring (bicyclic) bond motifs is 3. The van der Waals surface area contributed by atoms with Crippen LogP contribution in [-0.4, -0.2) is 56.5 Å². The maximum Gasteiger partial charge on any atom is 0.456 e. The zero-order valence-electron chi connectivity index (χ0n) is 18.5. The molecule has 0 aromatic carbocycles. The van der Waals surface area contributed by atoms with Crippen molar-refractivity contribution in [2.24, 2.45) is 17.8 Å². The fourth-order valence-electron chi connectivity index (χ4n) is 5.00. The third kappa shape index (κ3) is 4.05. The molecule has 1 aliphatic heterocycles. The third-order valence-corrected chi connectivity index (χ3v) is 6.74. The molecule has 8 nitrogen and oxygen atoms in total. The van der Waals surface area contributed by atoms with Crippen LogP contribution in [0.25, 0.3) is 5.65 Å². The summed E-state index contributed by atoms with van der Waals surface area (Å²) in [5.41, 5.74) is 0.785. The summed E-state index contributed by atoms with van der Waals surface area (Å²) in [4.78, 5) is 10.9. The minimum atomic E-state index is -5.69. The van der Waals surface area contributed by atoms with Crippen molar-refractivity contribution in [3.63, 3.8) is 0 Å². The van der Waals surface area contributed by atoms with Gasteiger partial charge >= 0.3 is 18.1 Å². The van der Waals surface area contributed by atoms with E-state index in [1.807, 2.05) is 0 Å². The monoisotopic (exact) mass is 486 g/mol. The van der Waals surface area contributed by atoms with E-state index in [4.69, 9.17) is 9.26 Å². The zero-order valence-corrected chi connectivity index (χ0v) is 18.5. The van der Waals surface area contributed by atoms with Gasteiger partial charge in [-0.25, -0.2) is 9.50 Å². The Bertz CT molecular complexity index is 1180. The first-order valence-electron chi connectivity index (χ1n) is 11.0. The molecule has 0 radical (unpaired) electrons. The van der Waals surface area contributed by atoms with Crippen LogP contribution in [0.2, 0.25) is 0 Å². The second-order valence-corrected chi connectivity index (χ2v) is 9.09. The number of halogens is 5. The van der Waals surface area contributed by atoms with Crippen molar-refractivity contribution in [1.82, 2.24) is 24.7 Å². The highest BCUT2D eigenvalue weighted by Gasteiger charge is 2.58. The lowest BCUT2D eigenvalue weighted by molar-refractivity contribution is -0.289. The Morgan fingerprint density at radius 2 is 1.76 bits per heavy atom. The van der Waals surface area contributed by atoms with Gasteiger partial charge < -0.3 is 14.2 Å². The summed E-state index contributed by atoms with van der Waals surface area (Å²) >= 11 is 0. The number of aromatic nitrogens is 5. The van der Waals surface area contributed by atoms with Crippen molar-refractivity contribution in [3.8, 4) is 5.75 Å². The number of piperidine rings is 1. The first-order valence-corrected chi connectivity index (χ1v) is 11.0. The Labute approximate surface area is 191 Å². The van der Waals surface area contributed by atoms with Gasteiger partial charge in [-0.1, -0.05) is 5.16 Å². The summed E-state index contributed by atoms with van der Waals surface area (Å²) in [6, 6.07) is 3.40. The first-order chi connectivity index (χ1) is 16.0. The van der Waals surface area contributed by atoms with E-state index in [-0.39, 0.29) is 11.4 Å². The van der Waals surface area contributed by atoms with Crippen LogP contribution in [-0.2, 0) is 6.42 Å². The maximum atomic E-state index is 13.3. The molecule has 184 valence electrons. The van der Waals surface area contributed by atoms with Gasteiger partial charge in [-0.2, -0.15) is 32.0 Å². The second-order valence-electron chi connectivity index (χ2n) is 9.09. The molecule has 1 saturated heterocycles. The summed E-state index contributed by atoms with van der Waals surface area (Å²) in [7, 11) is 0. The Balaban J connectivity index is 1.33. The number of anilines is 1. The number of pyridine rings is 1. The Kier molecular flexibility index (Phi) is 5.40. The Morgan fingerprint density at radius 3 is 2.38 bits per heavy atom. The highest BCUT2D eigenvalue weighted by molar-refractivity contribution is 5.54. The highest BCUT2D eigenvalue weighted by Crippen LogP contribution is 2.44. The molecule has 34 heavy (non-hydrogen) atoms. The molecular formula is C21H23F5N6O2. The molecule has 0 spiro atoms. The van der Waals surface area contributed by atoms with Crippen molar-refractivity contribution in [3.05, 3.63) is 29.5 Å². The Morgan fingerprint density at radius 1 is 1.06 bits per heavy atom. The van der Waals surface area contributed by atoms with Gasteiger partial charge in [0.05, 0.1) is 0 Å². The fourth-order valence-corrected chi connectivity index (χ4v) is 5.00. The van der Waals surface area contributed by atoms with Crippen LogP contribution in [0.4, 0.5) is 28.0 Å². The fraction of sp³-hybridized carbons (Fsp3) is 0.619. The van der Waals surface area contributed by atoms with E-state index in [0.29, 0.717) is 47.5 Å². The van der Waals surface area contributed by atoms with Gasteiger partial charge in [-0.15, -0.1) is 0 Å². The van der Waals surface area contributed by atoms with E-state index >= 15 is 0 Å². The predicted molar refractivity (Wildman–Crippen MR) is 109 cm³/mol. The lowest BCUT2D eigenvalue weighted by Crippen LogP contribution is -2.43. The maximum absolute atomic E-state index is 13.3. The largest absolute Gasteiger partial charge is 0.483 e. The number of rotatable bonds is 6. The SMILES string of the molecule is Cc1noc(N2C[C@H]3CC[C@@H](C2)C3Cc2nc3c(OCC(F)(F)C(F)(F)F)ccc(C)n3n2)n1. The summed E-state index contributed by atoms with van der Waals surface area (Å²) in [5, 5.41) is 8.36. The smallest absolute Gasteiger partial charge is 0.456 e. The van der Waals surface area contributed by atoms with Gasteiger partial charge in [0, 0.05) is 25.2 Å². The summed E-state index contributed by atoms with van der Waals surface area (Å²) < 4.78 is 75.8. The summed E-state index contributed by atoms with van der Waals surface area (Å²) in [5.74, 6) is -2.98. The summed E-state index contributed by atoms with van der Waals surface area (Å²) in [6.45, 7) is 3.24. The van der Waals surface area contributed by atoms with Crippen molar-refractivity contribution in [2.45, 2.75) is 45.2 Å². The van der Waals surface area contributed by atoms with Gasteiger partial charge in [0.25, 0.3) is 0 Å². The van der Waals surface area contributed by atoms with Gasteiger partial charge in [-0.05, 0) is 56.6 Å². The van der Waals surface area contributed by atoms with E-state index < -0.39 is 18.7 Å². The average Bonchev–Trinajstić information content (AvgIpc) is 3.44. The molecule has 1 unspecified atom stereocenters. The molecule has 1 saturated carbocycles. The van der Waals surface area contributed by atoms with Gasteiger partial charge in [0.1, 0.15) is 0 Å². The molecule has 2 bridgehead atoms. The van der Waals surface area contributed by atoms with Crippen molar-refractivity contribution >= 4 is 11.7 Å². The standard InChI is InChI=1S/C21H23F5N6O2/c1-11-3-6-16(33-10-20(22,23)21(24,25)26)18-28-17(29-32(11)18)7-15-13-4-5-14(15)9-31(8-13)19-27-12(2)30-34-19/h3,6,13-15H,4-5,7-10H2,1-2H3/t13-,14+,15?. The van der Waals surface area contributed by atoms with E-state index in [9.17, 15) is 22.0 Å². The third-order valence-electron chi connectivity index (χ3n) is 6.74. The van der Waals surface area contributed by atoms with Crippen LogP contribution in [0, 0.1) is 31.6 Å². The summed E-state index contributed by atoms with van der Waals surface area (Å²) in [6.07, 6.45) is -3.02. The minimum absolute atomic E-state index is 0.124. The molecule has 4 heterocycles. The van der Waals surface area contributed by atoms with Crippen LogP contribution < -0.4 is 9.64 Å². The van der Waals surface area contributed by atoms with Crippen molar-refractivity contribution in [1.29, 1.82) is 0 Å². The highest BCUT2D eigenvalue weighted by atomic mass is 19.4. The first kappa shape index (κ1) is 22.8. The topological polar surface area (TPSA) is 81.6 Å². The number of aryl methyl sites for hydroxylation is 2. The number of alkyl halides is 5. The molecule has 0 amide bonds. The molecule has 2 aliphatic rings. The van der Waals surface area contributed by atoms with Crippen LogP contribution >= 0.6 is 0 Å². The molecular weight excluding hydrogens is 463 g/mol. The lowest BCUT2D eigenvalue weighted by atomic mass is 9.82. The normalized spacial score (nSPS) is 23.1. The molecule has 13 heteroatoms. The minimum Gasteiger partial charge on any atom is -0.483 e. The average molecular weight is 486 g/mol. The molecule has 3 aromatic heterocycles. The van der Waals surface area contributed by atoms with E-state index in [1.54, 1.807) is 19.9 Å². The lowest BCUT2D eigenvalue weighted by Gasteiger charge is -2.36. The van der Waals surface area contributed by atoms with Crippen LogP contribution in [0.5, 0.6) is 5.75 Å². The van der Waals surface area contributed by atoms with Gasteiger partial charge in [-0.3, -0.25) is 0 Å². The zero-order chi connectivity index (χ0) is 24.3. The van der Waals surface area contributed by atoms with Crippen molar-refractivity contribution < 1.29 is 31.2 Å². The molecule has 3 atom stereocenters. The van der Waals surface area contributed by atoms with Crippen LogP contribution in [0.15, 0.2) is 16.7 Å². The van der Waals surface area contributed by atoms with E-state index in [2.05, 4.69) is 25.1 Å². The van der Waals surface area contributed by atoms with E-state index in [1.165, 1.54) is 10.6 Å². The second kappa shape index (κ2) is 8.05. The Hall–Kier alpha value is -2.99. The van der Waals surface area contributed by atoms with Gasteiger partial charge in [0.15, 0.2) is 29.7 Å². The van der Waals surface area contributed by atoms with Crippen molar-refractivity contribution in [2.75, 3.05) is 24.6 Å². The van der Waals surface area contributed by atoms with E-state index in [0.717, 1.165) is 25.9 Å².